The van der Waals surface area contributed by atoms with Crippen LogP contribution in [0.5, 0.6) is 0 Å². The summed E-state index contributed by atoms with van der Waals surface area (Å²) in [4.78, 5) is 17.3. The number of aliphatic imine (C=N–C) groups is 1. The zero-order valence-corrected chi connectivity index (χ0v) is 23.7. The molecule has 0 saturated heterocycles. The van der Waals surface area contributed by atoms with Gasteiger partial charge in [-0.25, -0.2) is 8.42 Å². The highest BCUT2D eigenvalue weighted by atomic mass is 35.5. The van der Waals surface area contributed by atoms with E-state index < -0.39 is 75.7 Å². The molecule has 0 amide bonds. The van der Waals surface area contributed by atoms with Gasteiger partial charge in [0, 0.05) is 41.8 Å². The van der Waals surface area contributed by atoms with Crippen molar-refractivity contribution in [2.45, 2.75) is 101 Å². The van der Waals surface area contributed by atoms with E-state index in [1.54, 1.807) is 38.1 Å². The standard InChI is InChI=1S/C26H32ClF6N3O3S/c1-22(2)20(19(37)5-3-10-25(28,29)30)34-21(35-22)23-14-24(15-23,16-23)36(13-17-6-8-18(27)9-7-17)40(38,39)12-4-11-26(31,32)33/h6-9,20H,3-5,10-16H2,1-2H3,(H,34,35)/t20-,23?,24?/m0/s1. The monoisotopic (exact) mass is 615 g/mol. The van der Waals surface area contributed by atoms with Gasteiger partial charge in [0.1, 0.15) is 11.9 Å². The lowest BCUT2D eigenvalue weighted by Crippen LogP contribution is -2.78. The van der Waals surface area contributed by atoms with E-state index in [1.165, 1.54) is 4.31 Å². The summed E-state index contributed by atoms with van der Waals surface area (Å²) in [6.45, 7) is 3.47. The number of carbonyl (C=O) groups is 1. The van der Waals surface area contributed by atoms with Gasteiger partial charge in [-0.05, 0) is 63.6 Å². The molecule has 1 heterocycles. The Bertz CT molecular complexity index is 1240. The topological polar surface area (TPSA) is 78.8 Å². The molecule has 1 aromatic carbocycles. The first-order valence-electron chi connectivity index (χ1n) is 13.0. The van der Waals surface area contributed by atoms with Gasteiger partial charge >= 0.3 is 12.4 Å². The van der Waals surface area contributed by atoms with Crippen LogP contribution in [-0.2, 0) is 21.4 Å². The smallest absolute Gasteiger partial charge is 0.366 e. The highest BCUT2D eigenvalue weighted by Crippen LogP contribution is 2.71. The van der Waals surface area contributed by atoms with Crippen molar-refractivity contribution in [3.8, 4) is 0 Å². The summed E-state index contributed by atoms with van der Waals surface area (Å²) in [6.07, 6.45) is -11.1. The molecule has 1 N–H and O–H groups in total. The Hall–Kier alpha value is -1.86. The summed E-state index contributed by atoms with van der Waals surface area (Å²) in [7, 11) is -4.06. The summed E-state index contributed by atoms with van der Waals surface area (Å²) in [5.74, 6) is -0.501. The fourth-order valence-electron chi connectivity index (χ4n) is 6.17. The number of benzene rings is 1. The van der Waals surface area contributed by atoms with Crippen molar-refractivity contribution < 1.29 is 39.6 Å². The van der Waals surface area contributed by atoms with Crippen LogP contribution in [0, 0.1) is 5.41 Å². The third-order valence-electron chi connectivity index (χ3n) is 8.04. The molecule has 14 heteroatoms. The van der Waals surface area contributed by atoms with Crippen molar-refractivity contribution in [2.24, 2.45) is 10.4 Å². The summed E-state index contributed by atoms with van der Waals surface area (Å²) in [6, 6.07) is 5.70. The van der Waals surface area contributed by atoms with Gasteiger partial charge < -0.3 is 5.32 Å². The van der Waals surface area contributed by atoms with Crippen LogP contribution in [0.4, 0.5) is 26.3 Å². The second-order valence-electron chi connectivity index (χ2n) is 11.9. The Morgan fingerprint density at radius 2 is 1.57 bits per heavy atom. The lowest BCUT2D eigenvalue weighted by molar-refractivity contribution is -0.151. The number of carbonyl (C=O) groups excluding carboxylic acids is 1. The van der Waals surface area contributed by atoms with Crippen LogP contribution in [0.3, 0.4) is 0 Å². The molecule has 5 rings (SSSR count). The van der Waals surface area contributed by atoms with E-state index in [-0.39, 0.29) is 19.4 Å². The number of Topliss-reactive ketones (excluding diaryl/α,β-unsaturated/α-hetero) is 1. The predicted molar refractivity (Wildman–Crippen MR) is 138 cm³/mol. The average molecular weight is 616 g/mol. The van der Waals surface area contributed by atoms with Gasteiger partial charge in [0.05, 0.1) is 11.3 Å². The van der Waals surface area contributed by atoms with Gasteiger partial charge in [-0.2, -0.15) is 30.6 Å². The van der Waals surface area contributed by atoms with Gasteiger partial charge in [0.2, 0.25) is 10.0 Å². The van der Waals surface area contributed by atoms with Gasteiger partial charge in [-0.15, -0.1) is 0 Å². The molecule has 1 aromatic rings. The van der Waals surface area contributed by atoms with Crippen LogP contribution < -0.4 is 5.32 Å². The number of hydrogen-bond donors (Lipinski definition) is 1. The molecule has 0 radical (unpaired) electrons. The summed E-state index contributed by atoms with van der Waals surface area (Å²) < 4.78 is 104. The third kappa shape index (κ3) is 6.61. The van der Waals surface area contributed by atoms with Crippen molar-refractivity contribution in [3.05, 3.63) is 34.9 Å². The van der Waals surface area contributed by atoms with Crippen molar-refractivity contribution in [3.63, 3.8) is 0 Å². The van der Waals surface area contributed by atoms with Gasteiger partial charge in [0.25, 0.3) is 0 Å². The SMILES string of the molecule is CC1(C)NC(C23CC(N(Cc4ccc(Cl)cc4)S(=O)(=O)CCCC(F)(F)F)(C2)C3)=N[C@H]1C(=O)CCCC(F)(F)F. The predicted octanol–water partition coefficient (Wildman–Crippen LogP) is 6.19. The van der Waals surface area contributed by atoms with E-state index in [9.17, 15) is 39.6 Å². The van der Waals surface area contributed by atoms with E-state index in [0.717, 1.165) is 0 Å². The maximum absolute atomic E-state index is 13.4. The van der Waals surface area contributed by atoms with Gasteiger partial charge in [-0.3, -0.25) is 9.79 Å². The minimum absolute atomic E-state index is 0.0205. The number of ketones is 1. The molecule has 3 aliphatic carbocycles. The Labute approximate surface area is 234 Å². The Morgan fingerprint density at radius 3 is 2.12 bits per heavy atom. The molecular weight excluding hydrogens is 584 g/mol. The van der Waals surface area contributed by atoms with Crippen molar-refractivity contribution >= 4 is 33.2 Å². The van der Waals surface area contributed by atoms with E-state index in [4.69, 9.17) is 11.6 Å². The number of nitrogens with zero attached hydrogens (tertiary/aromatic N) is 2. The first kappa shape index (κ1) is 31.1. The number of halogens is 7. The molecule has 40 heavy (non-hydrogen) atoms. The minimum atomic E-state index is -4.46. The normalized spacial score (nSPS) is 27.6. The molecule has 3 saturated carbocycles. The fraction of sp³-hybridized carbons (Fsp3) is 0.692. The summed E-state index contributed by atoms with van der Waals surface area (Å²) >= 11 is 5.95. The third-order valence-corrected chi connectivity index (χ3v) is 10.3. The molecule has 1 aliphatic heterocycles. The maximum Gasteiger partial charge on any atom is 0.389 e. The molecule has 0 unspecified atom stereocenters. The molecule has 2 bridgehead atoms. The van der Waals surface area contributed by atoms with E-state index in [1.807, 2.05) is 0 Å². The molecule has 4 aliphatic rings. The zero-order valence-electron chi connectivity index (χ0n) is 22.1. The summed E-state index contributed by atoms with van der Waals surface area (Å²) in [5.41, 5.74) is -1.48. The highest BCUT2D eigenvalue weighted by molar-refractivity contribution is 7.89. The Kier molecular flexibility index (Phi) is 8.12. The van der Waals surface area contributed by atoms with Gasteiger partial charge in [0.15, 0.2) is 5.78 Å². The number of hydrogen-bond acceptors (Lipinski definition) is 5. The van der Waals surface area contributed by atoms with Crippen molar-refractivity contribution in [1.82, 2.24) is 9.62 Å². The highest BCUT2D eigenvalue weighted by Gasteiger charge is 2.75. The quantitative estimate of drug-likeness (QED) is 0.285. The lowest BCUT2D eigenvalue weighted by atomic mass is 9.38. The van der Waals surface area contributed by atoms with Gasteiger partial charge in [-0.1, -0.05) is 23.7 Å². The molecule has 0 aromatic heterocycles. The van der Waals surface area contributed by atoms with Crippen LogP contribution in [0.25, 0.3) is 0 Å². The number of amidine groups is 1. The molecule has 1 atom stereocenters. The molecule has 6 nitrogen and oxygen atoms in total. The molecule has 224 valence electrons. The van der Waals surface area contributed by atoms with E-state index in [0.29, 0.717) is 35.7 Å². The second kappa shape index (κ2) is 10.4. The number of nitrogens with one attached hydrogen (secondary N) is 1. The van der Waals surface area contributed by atoms with Crippen LogP contribution in [-0.4, -0.2) is 59.6 Å². The lowest BCUT2D eigenvalue weighted by Gasteiger charge is -2.73. The fourth-order valence-corrected chi connectivity index (χ4v) is 8.16. The number of alkyl halides is 6. The van der Waals surface area contributed by atoms with E-state index in [2.05, 4.69) is 10.3 Å². The van der Waals surface area contributed by atoms with Crippen LogP contribution >= 0.6 is 11.6 Å². The minimum Gasteiger partial charge on any atom is -0.366 e. The molecular formula is C26H32ClF6N3O3S. The number of sulfonamides is 1. The Balaban J connectivity index is 1.48. The van der Waals surface area contributed by atoms with E-state index >= 15 is 0 Å². The largest absolute Gasteiger partial charge is 0.389 e. The molecule has 0 spiro atoms. The second-order valence-corrected chi connectivity index (χ2v) is 14.3. The zero-order chi connectivity index (χ0) is 29.8. The number of rotatable bonds is 12. The summed E-state index contributed by atoms with van der Waals surface area (Å²) in [5, 5.41) is 3.71. The van der Waals surface area contributed by atoms with Crippen LogP contribution in [0.2, 0.25) is 5.02 Å². The van der Waals surface area contributed by atoms with Crippen LogP contribution in [0.1, 0.15) is 70.8 Å². The average Bonchev–Trinajstić information content (AvgIpc) is 3.05. The first-order chi connectivity index (χ1) is 18.3. The van der Waals surface area contributed by atoms with Crippen molar-refractivity contribution in [1.29, 1.82) is 0 Å². The van der Waals surface area contributed by atoms with Crippen LogP contribution in [0.15, 0.2) is 29.3 Å². The molecule has 3 fully saturated rings. The Morgan fingerprint density at radius 1 is 1.02 bits per heavy atom. The first-order valence-corrected chi connectivity index (χ1v) is 15.0. The van der Waals surface area contributed by atoms with Crippen molar-refractivity contribution in [2.75, 3.05) is 5.75 Å². The maximum atomic E-state index is 13.4.